The molecule has 2 amide bonds. The van der Waals surface area contributed by atoms with Crippen LogP contribution in [0.3, 0.4) is 0 Å². The summed E-state index contributed by atoms with van der Waals surface area (Å²) in [5.41, 5.74) is 6.39. The fourth-order valence-electron chi connectivity index (χ4n) is 4.17. The summed E-state index contributed by atoms with van der Waals surface area (Å²) in [6.45, 7) is 6.49. The van der Waals surface area contributed by atoms with E-state index >= 15 is 0 Å². The van der Waals surface area contributed by atoms with E-state index in [2.05, 4.69) is 17.4 Å². The van der Waals surface area contributed by atoms with E-state index in [1.54, 1.807) is 11.9 Å². The van der Waals surface area contributed by atoms with E-state index < -0.39 is 6.04 Å². The highest BCUT2D eigenvalue weighted by Crippen LogP contribution is 2.18. The van der Waals surface area contributed by atoms with Crippen LogP contribution in [0.25, 0.3) is 0 Å². The van der Waals surface area contributed by atoms with Crippen molar-refractivity contribution in [2.75, 3.05) is 7.05 Å². The number of carbonyl (C=O) groups is 2. The number of rotatable bonds is 8. The van der Waals surface area contributed by atoms with Gasteiger partial charge in [0.1, 0.15) is 6.04 Å². The molecule has 0 fully saturated rings. The maximum absolute atomic E-state index is 13.6. The van der Waals surface area contributed by atoms with Crippen molar-refractivity contribution in [1.82, 2.24) is 10.2 Å². The number of nitrogens with one attached hydrogen (secondary N) is 1. The van der Waals surface area contributed by atoms with E-state index in [0.29, 0.717) is 13.0 Å². The van der Waals surface area contributed by atoms with Gasteiger partial charge in [-0.05, 0) is 37.5 Å². The monoisotopic (exact) mass is 428 g/mol. The van der Waals surface area contributed by atoms with Gasteiger partial charge in [-0.2, -0.15) is 0 Å². The molecule has 0 bridgehead atoms. The smallest absolute Gasteiger partial charge is 0.242 e. The van der Waals surface area contributed by atoms with Gasteiger partial charge in [0.05, 0.1) is 6.42 Å². The Kier molecular flexibility index (Phi) is 7.82. The zero-order chi connectivity index (χ0) is 23.1. The maximum atomic E-state index is 13.6. The van der Waals surface area contributed by atoms with Crippen LogP contribution < -0.4 is 5.32 Å². The lowest BCUT2D eigenvalue weighted by Gasteiger charge is -2.31. The molecule has 0 aliphatic carbocycles. The second-order valence-corrected chi connectivity index (χ2v) is 8.50. The van der Waals surface area contributed by atoms with E-state index in [1.807, 2.05) is 81.4 Å². The van der Waals surface area contributed by atoms with Gasteiger partial charge in [0.15, 0.2) is 0 Å². The minimum absolute atomic E-state index is 0.0546. The molecule has 0 saturated heterocycles. The van der Waals surface area contributed by atoms with Crippen LogP contribution in [-0.2, 0) is 29.0 Å². The Morgan fingerprint density at radius 3 is 2.03 bits per heavy atom. The fourth-order valence-corrected chi connectivity index (χ4v) is 4.17. The summed E-state index contributed by atoms with van der Waals surface area (Å²) in [5.74, 6) is -0.212. The molecular formula is C28H32N2O2. The van der Waals surface area contributed by atoms with Crippen molar-refractivity contribution in [3.05, 3.63) is 106 Å². The van der Waals surface area contributed by atoms with Gasteiger partial charge in [0, 0.05) is 20.0 Å². The van der Waals surface area contributed by atoms with Crippen LogP contribution in [0.4, 0.5) is 0 Å². The first-order valence-electron chi connectivity index (χ1n) is 11.0. The highest BCUT2D eigenvalue weighted by Gasteiger charge is 2.29. The summed E-state index contributed by atoms with van der Waals surface area (Å²) in [6, 6.07) is 23.5. The SMILES string of the molecule is CNC(=O)[C@H](Cc1ccccc1)N(Cc1cccc(C)c1)C(=O)Cc1cc(C)cc(C)c1. The van der Waals surface area contributed by atoms with Crippen molar-refractivity contribution in [1.29, 1.82) is 0 Å². The molecule has 4 nitrogen and oxygen atoms in total. The van der Waals surface area contributed by atoms with E-state index in [0.717, 1.165) is 33.4 Å². The first-order valence-corrected chi connectivity index (χ1v) is 11.0. The lowest BCUT2D eigenvalue weighted by molar-refractivity contribution is -0.140. The molecule has 0 unspecified atom stereocenters. The molecule has 32 heavy (non-hydrogen) atoms. The second kappa shape index (κ2) is 10.8. The number of aryl methyl sites for hydroxylation is 3. The molecule has 0 saturated carbocycles. The summed E-state index contributed by atoms with van der Waals surface area (Å²) in [4.78, 5) is 28.3. The zero-order valence-electron chi connectivity index (χ0n) is 19.4. The summed E-state index contributed by atoms with van der Waals surface area (Å²) in [5, 5.41) is 2.77. The number of likely N-dealkylation sites (N-methyl/N-ethyl adjacent to an activating group) is 1. The molecule has 3 rings (SSSR count). The molecular weight excluding hydrogens is 396 g/mol. The van der Waals surface area contributed by atoms with Gasteiger partial charge in [-0.3, -0.25) is 9.59 Å². The molecule has 3 aromatic carbocycles. The van der Waals surface area contributed by atoms with Crippen LogP contribution >= 0.6 is 0 Å². The third-order valence-electron chi connectivity index (χ3n) is 5.59. The average Bonchev–Trinajstić information content (AvgIpc) is 2.75. The molecule has 4 heteroatoms. The number of amides is 2. The van der Waals surface area contributed by atoms with Crippen molar-refractivity contribution in [2.24, 2.45) is 0 Å². The Labute approximate surface area is 191 Å². The molecule has 0 radical (unpaired) electrons. The standard InChI is InChI=1S/C28H32N2O2/c1-20-9-8-12-24(14-20)19-30(27(31)18-25-15-21(2)13-22(3)16-25)26(28(32)29-4)17-23-10-6-5-7-11-23/h5-16,26H,17-19H2,1-4H3,(H,29,32)/t26-/m0/s1. The van der Waals surface area contributed by atoms with Gasteiger partial charge in [-0.15, -0.1) is 0 Å². The van der Waals surface area contributed by atoms with Crippen molar-refractivity contribution >= 4 is 11.8 Å². The normalized spacial score (nSPS) is 11.6. The summed E-state index contributed by atoms with van der Waals surface area (Å²) >= 11 is 0. The average molecular weight is 429 g/mol. The van der Waals surface area contributed by atoms with E-state index in [4.69, 9.17) is 0 Å². The molecule has 1 atom stereocenters. The minimum Gasteiger partial charge on any atom is -0.357 e. The quantitative estimate of drug-likeness (QED) is 0.573. The van der Waals surface area contributed by atoms with Gasteiger partial charge in [0.2, 0.25) is 11.8 Å². The molecule has 0 aliphatic rings. The molecule has 1 N–H and O–H groups in total. The lowest BCUT2D eigenvalue weighted by atomic mass is 10.00. The first-order chi connectivity index (χ1) is 15.4. The van der Waals surface area contributed by atoms with Crippen LogP contribution in [-0.4, -0.2) is 29.8 Å². The number of hydrogen-bond acceptors (Lipinski definition) is 2. The van der Waals surface area contributed by atoms with Crippen molar-refractivity contribution in [3.8, 4) is 0 Å². The molecule has 3 aromatic rings. The minimum atomic E-state index is -0.596. The fraction of sp³-hybridized carbons (Fsp3) is 0.286. The third kappa shape index (κ3) is 6.30. The molecule has 0 spiro atoms. The van der Waals surface area contributed by atoms with Gasteiger partial charge in [0.25, 0.3) is 0 Å². The number of carbonyl (C=O) groups excluding carboxylic acids is 2. The maximum Gasteiger partial charge on any atom is 0.242 e. The predicted molar refractivity (Wildman–Crippen MR) is 129 cm³/mol. The predicted octanol–water partition coefficient (Wildman–Crippen LogP) is 4.54. The Hall–Kier alpha value is -3.40. The van der Waals surface area contributed by atoms with Crippen molar-refractivity contribution in [3.63, 3.8) is 0 Å². The molecule has 166 valence electrons. The third-order valence-corrected chi connectivity index (χ3v) is 5.59. The molecule has 0 aliphatic heterocycles. The summed E-state index contributed by atoms with van der Waals surface area (Å²) in [7, 11) is 1.62. The van der Waals surface area contributed by atoms with E-state index in [-0.39, 0.29) is 18.2 Å². The van der Waals surface area contributed by atoms with E-state index in [9.17, 15) is 9.59 Å². The Morgan fingerprint density at radius 2 is 1.41 bits per heavy atom. The highest BCUT2D eigenvalue weighted by atomic mass is 16.2. The lowest BCUT2D eigenvalue weighted by Crippen LogP contribution is -2.50. The molecule has 0 heterocycles. The number of hydrogen-bond donors (Lipinski definition) is 1. The Balaban J connectivity index is 1.96. The van der Waals surface area contributed by atoms with Crippen LogP contribution in [0.5, 0.6) is 0 Å². The number of nitrogens with zero attached hydrogens (tertiary/aromatic N) is 1. The number of benzene rings is 3. The molecule has 0 aromatic heterocycles. The van der Waals surface area contributed by atoms with Gasteiger partial charge in [-0.25, -0.2) is 0 Å². The summed E-state index contributed by atoms with van der Waals surface area (Å²) < 4.78 is 0. The largest absolute Gasteiger partial charge is 0.357 e. The Morgan fingerprint density at radius 1 is 0.781 bits per heavy atom. The van der Waals surface area contributed by atoms with E-state index in [1.165, 1.54) is 0 Å². The van der Waals surface area contributed by atoms with Gasteiger partial charge >= 0.3 is 0 Å². The van der Waals surface area contributed by atoms with Gasteiger partial charge < -0.3 is 10.2 Å². The van der Waals surface area contributed by atoms with Crippen LogP contribution in [0, 0.1) is 20.8 Å². The zero-order valence-corrected chi connectivity index (χ0v) is 19.4. The summed E-state index contributed by atoms with van der Waals surface area (Å²) in [6.07, 6.45) is 0.724. The second-order valence-electron chi connectivity index (χ2n) is 8.50. The highest BCUT2D eigenvalue weighted by molar-refractivity contribution is 5.88. The van der Waals surface area contributed by atoms with Crippen LogP contribution in [0.1, 0.15) is 33.4 Å². The van der Waals surface area contributed by atoms with Gasteiger partial charge in [-0.1, -0.05) is 89.5 Å². The Bertz CT molecular complexity index is 1060. The van der Waals surface area contributed by atoms with Crippen LogP contribution in [0.15, 0.2) is 72.8 Å². The van der Waals surface area contributed by atoms with Crippen molar-refractivity contribution in [2.45, 2.75) is 46.2 Å². The topological polar surface area (TPSA) is 49.4 Å². The van der Waals surface area contributed by atoms with Crippen molar-refractivity contribution < 1.29 is 9.59 Å². The van der Waals surface area contributed by atoms with Crippen LogP contribution in [0.2, 0.25) is 0 Å². The first kappa shape index (κ1) is 23.3.